The molecule has 1 rings (SSSR count). The topological polar surface area (TPSA) is 0 Å². The summed E-state index contributed by atoms with van der Waals surface area (Å²) in [5, 5.41) is 0. The Balaban J connectivity index is 3.14. The van der Waals surface area contributed by atoms with E-state index in [0.29, 0.717) is 0 Å². The lowest BCUT2D eigenvalue weighted by Gasteiger charge is -2.24. The Morgan fingerprint density at radius 2 is 1.73 bits per heavy atom. The Kier molecular flexibility index (Phi) is 3.52. The van der Waals surface area contributed by atoms with Crippen molar-refractivity contribution in [1.29, 1.82) is 0 Å². The first-order chi connectivity index (χ1) is 5.02. The second kappa shape index (κ2) is 3.83. The third-order valence-electron chi connectivity index (χ3n) is 1.36. The van der Waals surface area contributed by atoms with Gasteiger partial charge in [0.25, 0.3) is 0 Å². The van der Waals surface area contributed by atoms with Crippen molar-refractivity contribution in [2.75, 3.05) is 12.5 Å². The maximum absolute atomic E-state index is 2.55. The van der Waals surface area contributed by atoms with E-state index < -0.39 is 7.20 Å². The van der Waals surface area contributed by atoms with Crippen LogP contribution < -0.4 is 0 Å². The Hall–Kier alpha value is 1.03. The highest BCUT2D eigenvalue weighted by molar-refractivity contribution is 14.2. The summed E-state index contributed by atoms with van der Waals surface area (Å²) in [6.45, 7) is 0. The van der Waals surface area contributed by atoms with E-state index in [9.17, 15) is 0 Å². The second-order valence-electron chi connectivity index (χ2n) is 2.63. The van der Waals surface area contributed by atoms with Gasteiger partial charge in [0.05, 0.1) is 0 Å². The average molecular weight is 392 g/mol. The second-order valence-corrected chi connectivity index (χ2v) is 13.2. The molecule has 62 valence electrons. The molecule has 0 unspecified atom stereocenters. The van der Waals surface area contributed by atoms with Gasteiger partial charge in [0.1, 0.15) is 0 Å². The van der Waals surface area contributed by atoms with E-state index in [0.717, 1.165) is 0 Å². The van der Waals surface area contributed by atoms with Crippen LogP contribution in [0.25, 0.3) is 0 Å². The molecule has 0 atom stereocenters. The minimum atomic E-state index is -0.571. The van der Waals surface area contributed by atoms with Crippen LogP contribution in [0.4, 0.5) is 0 Å². The summed E-state index contributed by atoms with van der Waals surface area (Å²) >= 11 is 4.95. The molecule has 0 heterocycles. The Labute approximate surface area is 95.2 Å². The molecule has 0 amide bonds. The van der Waals surface area contributed by atoms with Crippen LogP contribution >= 0.6 is 51.0 Å². The predicted molar refractivity (Wildman–Crippen MR) is 70.9 cm³/mol. The molecular formula is C8H10I2S. The van der Waals surface area contributed by atoms with Crippen molar-refractivity contribution in [3.05, 3.63) is 27.8 Å². The highest BCUT2D eigenvalue weighted by atomic mass is 127. The van der Waals surface area contributed by atoms with Crippen LogP contribution in [0.1, 0.15) is 0 Å². The van der Waals surface area contributed by atoms with Gasteiger partial charge in [0.2, 0.25) is 0 Å². The van der Waals surface area contributed by atoms with Crippen molar-refractivity contribution in [2.45, 2.75) is 4.90 Å². The predicted octanol–water partition coefficient (Wildman–Crippen LogP) is 4.06. The van der Waals surface area contributed by atoms with E-state index in [1.807, 2.05) is 0 Å². The van der Waals surface area contributed by atoms with Crippen LogP contribution in [-0.4, -0.2) is 12.5 Å². The fraction of sp³-hybridized carbons (Fsp3) is 0.250. The summed E-state index contributed by atoms with van der Waals surface area (Å²) in [5.74, 6) is 0. The molecule has 0 N–H and O–H groups in total. The van der Waals surface area contributed by atoms with Crippen molar-refractivity contribution in [3.63, 3.8) is 0 Å². The lowest BCUT2D eigenvalue weighted by Crippen LogP contribution is -1.88. The van der Waals surface area contributed by atoms with Crippen LogP contribution in [-0.2, 0) is 0 Å². The summed E-state index contributed by atoms with van der Waals surface area (Å²) in [4.78, 5) is 1.50. The number of benzene rings is 1. The standard InChI is InChI=1S/C8H10I2S/c1-11(2,10)8-6-4-3-5-7(8)9/h3-6H,1-2H3. The van der Waals surface area contributed by atoms with Crippen LogP contribution in [0, 0.1) is 3.57 Å². The SMILES string of the molecule is CS(C)(I)c1ccccc1I. The van der Waals surface area contributed by atoms with Gasteiger partial charge in [-0.25, -0.2) is 0 Å². The highest BCUT2D eigenvalue weighted by Crippen LogP contribution is 2.57. The molecule has 0 fully saturated rings. The lowest BCUT2D eigenvalue weighted by atomic mass is 10.4. The zero-order valence-electron chi connectivity index (χ0n) is 6.47. The molecule has 0 aliphatic heterocycles. The minimum absolute atomic E-state index is 0.571. The van der Waals surface area contributed by atoms with Crippen molar-refractivity contribution < 1.29 is 0 Å². The highest BCUT2D eigenvalue weighted by Gasteiger charge is 2.11. The molecule has 1 aromatic rings. The fourth-order valence-corrected chi connectivity index (χ4v) is 6.23. The molecule has 0 bridgehead atoms. The van der Waals surface area contributed by atoms with Crippen LogP contribution in [0.3, 0.4) is 0 Å². The van der Waals surface area contributed by atoms with Crippen LogP contribution in [0.15, 0.2) is 29.2 Å². The molecule has 0 saturated carbocycles. The number of halogens is 2. The molecule has 0 aromatic heterocycles. The van der Waals surface area contributed by atoms with Gasteiger partial charge in [0, 0.05) is 8.47 Å². The molecule has 1 aromatic carbocycles. The van der Waals surface area contributed by atoms with Gasteiger partial charge in [-0.1, -0.05) is 12.1 Å². The monoisotopic (exact) mass is 392 g/mol. The number of rotatable bonds is 1. The molecule has 0 aliphatic carbocycles. The van der Waals surface area contributed by atoms with E-state index >= 15 is 0 Å². The molecule has 11 heavy (non-hydrogen) atoms. The smallest absolute Gasteiger partial charge is 0.0258 e. The molecule has 0 spiro atoms. The minimum Gasteiger partial charge on any atom is -0.165 e. The van der Waals surface area contributed by atoms with E-state index in [2.05, 4.69) is 80.6 Å². The van der Waals surface area contributed by atoms with Crippen molar-refractivity contribution in [2.24, 2.45) is 0 Å². The fourth-order valence-electron chi connectivity index (χ4n) is 0.838. The lowest BCUT2D eigenvalue weighted by molar-refractivity contribution is 1.39. The van der Waals surface area contributed by atoms with Gasteiger partial charge in [-0.15, -0.1) is 0 Å². The Bertz CT molecular complexity index is 253. The number of hydrogen-bond acceptors (Lipinski definition) is 0. The van der Waals surface area contributed by atoms with E-state index in [1.165, 1.54) is 8.47 Å². The largest absolute Gasteiger partial charge is 0.165 e. The van der Waals surface area contributed by atoms with Gasteiger partial charge >= 0.3 is 0 Å². The molecule has 0 aliphatic rings. The van der Waals surface area contributed by atoms with Crippen molar-refractivity contribution in [1.82, 2.24) is 0 Å². The summed E-state index contributed by atoms with van der Waals surface area (Å²) < 4.78 is 1.39. The van der Waals surface area contributed by atoms with Crippen molar-refractivity contribution >= 4 is 51.0 Å². The molecule has 0 saturated heterocycles. The normalized spacial score (nSPS) is 13.1. The van der Waals surface area contributed by atoms with E-state index in [4.69, 9.17) is 0 Å². The van der Waals surface area contributed by atoms with Gasteiger partial charge in [-0.05, 0) is 68.4 Å². The van der Waals surface area contributed by atoms with Gasteiger partial charge in [-0.3, -0.25) is 0 Å². The summed E-state index contributed by atoms with van der Waals surface area (Å²) in [6, 6.07) is 8.60. The quantitative estimate of drug-likeness (QED) is 0.633. The maximum atomic E-state index is 2.55. The Morgan fingerprint density at radius 1 is 1.18 bits per heavy atom. The van der Waals surface area contributed by atoms with Crippen molar-refractivity contribution in [3.8, 4) is 0 Å². The molecule has 0 nitrogen and oxygen atoms in total. The molecule has 3 heteroatoms. The van der Waals surface area contributed by atoms with Gasteiger partial charge in [0.15, 0.2) is 0 Å². The van der Waals surface area contributed by atoms with E-state index in [1.54, 1.807) is 0 Å². The van der Waals surface area contributed by atoms with E-state index in [-0.39, 0.29) is 0 Å². The summed E-state index contributed by atoms with van der Waals surface area (Å²) in [5.41, 5.74) is 0. The third kappa shape index (κ3) is 2.77. The van der Waals surface area contributed by atoms with Gasteiger partial charge in [-0.2, -0.15) is 7.20 Å². The van der Waals surface area contributed by atoms with Gasteiger partial charge < -0.3 is 0 Å². The molecule has 0 radical (unpaired) electrons. The zero-order valence-corrected chi connectivity index (χ0v) is 11.6. The zero-order chi connectivity index (χ0) is 8.48. The third-order valence-corrected chi connectivity index (χ3v) is 5.49. The Morgan fingerprint density at radius 3 is 2.09 bits per heavy atom. The number of hydrogen-bond donors (Lipinski definition) is 0. The maximum Gasteiger partial charge on any atom is 0.0258 e. The summed E-state index contributed by atoms with van der Waals surface area (Å²) in [7, 11) is -0.571. The van der Waals surface area contributed by atoms with Crippen LogP contribution in [0.2, 0.25) is 0 Å². The first-order valence-corrected chi connectivity index (χ1v) is 9.26. The molecular weight excluding hydrogens is 382 g/mol. The first-order valence-electron chi connectivity index (χ1n) is 3.19. The van der Waals surface area contributed by atoms with Crippen LogP contribution in [0.5, 0.6) is 0 Å². The summed E-state index contributed by atoms with van der Waals surface area (Å²) in [6.07, 6.45) is 4.62. The first kappa shape index (κ1) is 10.1. The average Bonchev–Trinajstić information content (AvgIpc) is 1.86.